The van der Waals surface area contributed by atoms with Gasteiger partial charge in [-0.2, -0.15) is 0 Å². The zero-order chi connectivity index (χ0) is 23.0. The van der Waals surface area contributed by atoms with Crippen molar-refractivity contribution in [2.75, 3.05) is 19.0 Å². The average Bonchev–Trinajstić information content (AvgIpc) is 2.71. The van der Waals surface area contributed by atoms with E-state index in [-0.39, 0.29) is 5.56 Å². The molecule has 6 heteroatoms. The molecule has 2 rings (SSSR count). The summed E-state index contributed by atoms with van der Waals surface area (Å²) in [5.41, 5.74) is 1.65. The van der Waals surface area contributed by atoms with E-state index in [0.29, 0.717) is 17.8 Å². The van der Waals surface area contributed by atoms with Gasteiger partial charge in [-0.15, -0.1) is 0 Å². The molecule has 0 aromatic heterocycles. The zero-order valence-electron chi connectivity index (χ0n) is 18.9. The summed E-state index contributed by atoms with van der Waals surface area (Å²) in [5, 5.41) is 2.77. The molecule has 0 bridgehead atoms. The molecule has 0 unspecified atom stereocenters. The Kier molecular flexibility index (Phi) is 9.19. The number of rotatable bonds is 10. The molecule has 0 aliphatic heterocycles. The summed E-state index contributed by atoms with van der Waals surface area (Å²) in [4.78, 5) is 14.7. The van der Waals surface area contributed by atoms with Gasteiger partial charge in [-0.1, -0.05) is 0 Å². The van der Waals surface area contributed by atoms with E-state index >= 15 is 0 Å². The maximum atomic E-state index is 13.7. The van der Waals surface area contributed by atoms with Crippen LogP contribution in [0.4, 0.5) is 14.5 Å². The van der Waals surface area contributed by atoms with Crippen molar-refractivity contribution in [3.8, 4) is 5.75 Å². The predicted octanol–water partition coefficient (Wildman–Crippen LogP) is 5.68. The van der Waals surface area contributed by atoms with Gasteiger partial charge in [0, 0.05) is 29.4 Å². The number of hydrogen-bond donors (Lipinski definition) is 1. The van der Waals surface area contributed by atoms with Gasteiger partial charge in [0.15, 0.2) is 0 Å². The third-order valence-electron chi connectivity index (χ3n) is 5.11. The maximum absolute atomic E-state index is 13.7. The van der Waals surface area contributed by atoms with E-state index in [1.165, 1.54) is 12.2 Å². The number of carbonyl (C=O) groups is 1. The molecule has 4 nitrogen and oxygen atoms in total. The Labute approximate surface area is 183 Å². The van der Waals surface area contributed by atoms with Crippen molar-refractivity contribution in [2.24, 2.45) is 0 Å². The highest BCUT2D eigenvalue weighted by Gasteiger charge is 2.13. The van der Waals surface area contributed by atoms with Gasteiger partial charge in [-0.25, -0.2) is 8.78 Å². The van der Waals surface area contributed by atoms with E-state index in [9.17, 15) is 13.6 Å². The number of anilines is 1. The van der Waals surface area contributed by atoms with Crippen LogP contribution in [0, 0.1) is 11.6 Å². The lowest BCUT2D eigenvalue weighted by Gasteiger charge is -2.30. The van der Waals surface area contributed by atoms with Gasteiger partial charge in [0.25, 0.3) is 0 Å². The van der Waals surface area contributed by atoms with E-state index < -0.39 is 17.5 Å². The minimum absolute atomic E-state index is 0.0189. The number of nitrogens with zero attached hydrogens (tertiary/aromatic N) is 1. The van der Waals surface area contributed by atoms with Crippen molar-refractivity contribution in [1.29, 1.82) is 0 Å². The fourth-order valence-corrected chi connectivity index (χ4v) is 3.61. The van der Waals surface area contributed by atoms with Gasteiger partial charge in [0.2, 0.25) is 5.91 Å². The molecule has 0 radical (unpaired) electrons. The molecular formula is C25H32F2N2O2. The van der Waals surface area contributed by atoms with Crippen LogP contribution in [0.25, 0.3) is 6.08 Å². The average molecular weight is 431 g/mol. The van der Waals surface area contributed by atoms with Gasteiger partial charge >= 0.3 is 0 Å². The van der Waals surface area contributed by atoms with Crippen molar-refractivity contribution < 1.29 is 18.3 Å². The molecule has 168 valence electrons. The summed E-state index contributed by atoms with van der Waals surface area (Å²) >= 11 is 0. The molecule has 1 amide bonds. The Morgan fingerprint density at radius 1 is 1.10 bits per heavy atom. The van der Waals surface area contributed by atoms with Gasteiger partial charge < -0.3 is 10.1 Å². The van der Waals surface area contributed by atoms with Crippen LogP contribution in [0.3, 0.4) is 0 Å². The Hall–Kier alpha value is -2.73. The SMILES string of the molecule is COc1ccc(NC(=O)/C=C/c2cc(F)ccc2F)cc1CCCN(C(C)C)C(C)C. The second-order valence-corrected chi connectivity index (χ2v) is 8.04. The van der Waals surface area contributed by atoms with E-state index in [1.807, 2.05) is 12.1 Å². The molecule has 0 aliphatic carbocycles. The predicted molar refractivity (Wildman–Crippen MR) is 122 cm³/mol. The summed E-state index contributed by atoms with van der Waals surface area (Å²) in [6.45, 7) is 9.75. The maximum Gasteiger partial charge on any atom is 0.248 e. The molecule has 0 spiro atoms. The minimum Gasteiger partial charge on any atom is -0.496 e. The molecule has 0 saturated carbocycles. The third kappa shape index (κ3) is 7.47. The Morgan fingerprint density at radius 3 is 2.45 bits per heavy atom. The molecule has 31 heavy (non-hydrogen) atoms. The van der Waals surface area contributed by atoms with Crippen LogP contribution in [-0.4, -0.2) is 36.5 Å². The van der Waals surface area contributed by atoms with Crippen LogP contribution in [-0.2, 0) is 11.2 Å². The lowest BCUT2D eigenvalue weighted by atomic mass is 10.1. The largest absolute Gasteiger partial charge is 0.496 e. The Balaban J connectivity index is 2.04. The molecule has 0 heterocycles. The zero-order valence-corrected chi connectivity index (χ0v) is 18.9. The van der Waals surface area contributed by atoms with Crippen LogP contribution in [0.2, 0.25) is 0 Å². The lowest BCUT2D eigenvalue weighted by Crippen LogP contribution is -2.37. The number of nitrogens with one attached hydrogen (secondary N) is 1. The van der Waals surface area contributed by atoms with Crippen LogP contribution < -0.4 is 10.1 Å². The van der Waals surface area contributed by atoms with Gasteiger partial charge in [-0.05, 0) is 95.1 Å². The van der Waals surface area contributed by atoms with Gasteiger partial charge in [-0.3, -0.25) is 9.69 Å². The second kappa shape index (κ2) is 11.6. The first-order valence-electron chi connectivity index (χ1n) is 10.6. The topological polar surface area (TPSA) is 41.6 Å². The number of methoxy groups -OCH3 is 1. The highest BCUT2D eigenvalue weighted by atomic mass is 19.1. The van der Waals surface area contributed by atoms with E-state index in [4.69, 9.17) is 4.74 Å². The quantitative estimate of drug-likeness (QED) is 0.493. The van der Waals surface area contributed by atoms with Gasteiger partial charge in [0.05, 0.1) is 7.11 Å². The first-order chi connectivity index (χ1) is 14.7. The number of amides is 1. The molecule has 2 aromatic rings. The second-order valence-electron chi connectivity index (χ2n) is 8.04. The van der Waals surface area contributed by atoms with Crippen LogP contribution in [0.1, 0.15) is 45.2 Å². The first-order valence-corrected chi connectivity index (χ1v) is 10.6. The number of benzene rings is 2. The monoisotopic (exact) mass is 430 g/mol. The van der Waals surface area contributed by atoms with Crippen molar-refractivity contribution >= 4 is 17.7 Å². The highest BCUT2D eigenvalue weighted by Crippen LogP contribution is 2.24. The van der Waals surface area contributed by atoms with Crippen molar-refractivity contribution in [2.45, 2.75) is 52.6 Å². The summed E-state index contributed by atoms with van der Waals surface area (Å²) in [6, 6.07) is 9.53. The van der Waals surface area contributed by atoms with Crippen molar-refractivity contribution in [3.63, 3.8) is 0 Å². The van der Waals surface area contributed by atoms with Crippen LogP contribution >= 0.6 is 0 Å². The summed E-state index contributed by atoms with van der Waals surface area (Å²) in [6.07, 6.45) is 4.21. The summed E-state index contributed by atoms with van der Waals surface area (Å²) < 4.78 is 32.4. The highest BCUT2D eigenvalue weighted by molar-refractivity contribution is 6.02. The number of carbonyl (C=O) groups excluding carboxylic acids is 1. The molecule has 0 atom stereocenters. The third-order valence-corrected chi connectivity index (χ3v) is 5.11. The smallest absolute Gasteiger partial charge is 0.248 e. The molecule has 2 aromatic carbocycles. The normalized spacial score (nSPS) is 11.7. The van der Waals surface area contributed by atoms with E-state index in [1.54, 1.807) is 13.2 Å². The molecular weight excluding hydrogens is 398 g/mol. The number of aryl methyl sites for hydroxylation is 1. The van der Waals surface area contributed by atoms with E-state index in [0.717, 1.165) is 48.9 Å². The summed E-state index contributed by atoms with van der Waals surface area (Å²) in [7, 11) is 1.63. The minimum atomic E-state index is -0.589. The molecule has 1 N–H and O–H groups in total. The lowest BCUT2D eigenvalue weighted by molar-refractivity contribution is -0.111. The number of hydrogen-bond acceptors (Lipinski definition) is 3. The first kappa shape index (κ1) is 24.5. The molecule has 0 aliphatic rings. The summed E-state index contributed by atoms with van der Waals surface area (Å²) in [5.74, 6) is -0.801. The van der Waals surface area contributed by atoms with Crippen molar-refractivity contribution in [3.05, 3.63) is 65.2 Å². The Morgan fingerprint density at radius 2 is 1.81 bits per heavy atom. The fraction of sp³-hybridized carbons (Fsp3) is 0.400. The molecule has 0 fully saturated rings. The van der Waals surface area contributed by atoms with Crippen LogP contribution in [0.5, 0.6) is 5.75 Å². The number of ether oxygens (including phenoxy) is 1. The standard InChI is InChI=1S/C25H32F2N2O2/c1-17(2)29(18(3)4)14-6-7-20-16-22(10-12-24(20)31-5)28-25(30)13-8-19-15-21(26)9-11-23(19)27/h8-13,15-18H,6-7,14H2,1-5H3,(H,28,30)/b13-8+. The fourth-order valence-electron chi connectivity index (χ4n) is 3.61. The van der Waals surface area contributed by atoms with Gasteiger partial charge in [0.1, 0.15) is 17.4 Å². The van der Waals surface area contributed by atoms with Crippen LogP contribution in [0.15, 0.2) is 42.5 Å². The molecule has 0 saturated heterocycles. The Bertz CT molecular complexity index is 902. The number of halogens is 2. The van der Waals surface area contributed by atoms with Crippen molar-refractivity contribution in [1.82, 2.24) is 4.90 Å². The van der Waals surface area contributed by atoms with E-state index in [2.05, 4.69) is 37.9 Å².